The molecule has 5 aromatic rings. The van der Waals surface area contributed by atoms with Crippen molar-refractivity contribution < 1.29 is 9.53 Å². The minimum atomic E-state index is -0.408. The Morgan fingerprint density at radius 2 is 1.50 bits per heavy atom. The second-order valence-corrected chi connectivity index (χ2v) is 8.83. The van der Waals surface area contributed by atoms with Crippen LogP contribution in [0.5, 0.6) is 0 Å². The molecule has 180 valence electrons. The smallest absolute Gasteiger partial charge is 0.303 e. The summed E-state index contributed by atoms with van der Waals surface area (Å²) in [4.78, 5) is 11.5. The average Bonchev–Trinajstić information content (AvgIpc) is 3.22. The van der Waals surface area contributed by atoms with Crippen molar-refractivity contribution in [2.45, 2.75) is 19.6 Å². The molecular formula is C30H26ClN3O2. The Labute approximate surface area is 215 Å². The van der Waals surface area contributed by atoms with Crippen LogP contribution in [-0.4, -0.2) is 28.7 Å². The molecule has 0 N–H and O–H groups in total. The molecule has 0 spiro atoms. The van der Waals surface area contributed by atoms with Crippen LogP contribution in [0.25, 0.3) is 21.8 Å². The number of hydrazone groups is 1. The second kappa shape index (κ2) is 10.7. The zero-order valence-electron chi connectivity index (χ0n) is 19.9. The minimum absolute atomic E-state index is 0.229. The zero-order chi connectivity index (χ0) is 24.9. The van der Waals surface area contributed by atoms with E-state index in [0.29, 0.717) is 6.54 Å². The predicted octanol–water partition coefficient (Wildman–Crippen LogP) is 7.14. The van der Waals surface area contributed by atoms with Crippen molar-refractivity contribution >= 4 is 57.0 Å². The summed E-state index contributed by atoms with van der Waals surface area (Å²) in [6, 6.07) is 34.7. The van der Waals surface area contributed by atoms with Crippen LogP contribution in [0.15, 0.2) is 108 Å². The van der Waals surface area contributed by atoms with Crippen molar-refractivity contribution in [3.05, 3.63) is 109 Å². The van der Waals surface area contributed by atoms with Gasteiger partial charge >= 0.3 is 5.97 Å². The molecule has 4 aromatic carbocycles. The van der Waals surface area contributed by atoms with Gasteiger partial charge in [0.25, 0.3) is 0 Å². The van der Waals surface area contributed by atoms with Crippen LogP contribution < -0.4 is 5.01 Å². The number of rotatable bonds is 8. The van der Waals surface area contributed by atoms with Gasteiger partial charge in [-0.1, -0.05) is 60.7 Å². The van der Waals surface area contributed by atoms with Crippen molar-refractivity contribution in [3.8, 4) is 0 Å². The van der Waals surface area contributed by atoms with E-state index < -0.39 is 6.10 Å². The molecule has 0 radical (unpaired) electrons. The maximum Gasteiger partial charge on any atom is 0.303 e. The highest BCUT2D eigenvalue weighted by atomic mass is 35.5. The fourth-order valence-corrected chi connectivity index (χ4v) is 4.61. The molecule has 0 aliphatic heterocycles. The molecular weight excluding hydrogens is 470 g/mol. The first-order chi connectivity index (χ1) is 17.6. The molecule has 5 rings (SSSR count). The Balaban J connectivity index is 1.54. The largest absolute Gasteiger partial charge is 0.459 e. The van der Waals surface area contributed by atoms with Crippen LogP contribution in [0.3, 0.4) is 0 Å². The van der Waals surface area contributed by atoms with E-state index in [2.05, 4.69) is 34.9 Å². The Hall–Kier alpha value is -4.09. The normalized spacial score (nSPS) is 12.3. The van der Waals surface area contributed by atoms with Gasteiger partial charge in [-0.2, -0.15) is 5.10 Å². The number of benzene rings is 4. The highest BCUT2D eigenvalue weighted by molar-refractivity contribution is 6.18. The second-order valence-electron chi connectivity index (χ2n) is 8.52. The minimum Gasteiger partial charge on any atom is -0.459 e. The van der Waals surface area contributed by atoms with Gasteiger partial charge < -0.3 is 9.30 Å². The summed E-state index contributed by atoms with van der Waals surface area (Å²) in [6.07, 6.45) is 1.47. The van der Waals surface area contributed by atoms with Crippen LogP contribution in [0.2, 0.25) is 0 Å². The van der Waals surface area contributed by atoms with Gasteiger partial charge in [0.2, 0.25) is 0 Å². The topological polar surface area (TPSA) is 46.8 Å². The van der Waals surface area contributed by atoms with Gasteiger partial charge in [-0.15, -0.1) is 11.6 Å². The fraction of sp³-hybridized carbons (Fsp3) is 0.133. The maximum absolute atomic E-state index is 11.5. The molecule has 0 saturated heterocycles. The summed E-state index contributed by atoms with van der Waals surface area (Å²) in [5.74, 6) is -0.103. The molecule has 1 atom stereocenters. The number of hydrogen-bond acceptors (Lipinski definition) is 4. The Morgan fingerprint density at radius 3 is 2.14 bits per heavy atom. The van der Waals surface area contributed by atoms with Crippen molar-refractivity contribution in [3.63, 3.8) is 0 Å². The van der Waals surface area contributed by atoms with E-state index in [4.69, 9.17) is 21.4 Å². The lowest BCUT2D eigenvalue weighted by atomic mass is 10.1. The molecule has 6 heteroatoms. The van der Waals surface area contributed by atoms with Gasteiger partial charge in [-0.05, 0) is 48.0 Å². The number of anilines is 2. The summed E-state index contributed by atoms with van der Waals surface area (Å²) in [5, 5.41) is 9.01. The van der Waals surface area contributed by atoms with E-state index in [0.717, 1.165) is 38.7 Å². The highest BCUT2D eigenvalue weighted by Crippen LogP contribution is 2.31. The number of nitrogens with zero attached hydrogens (tertiary/aromatic N) is 3. The third-order valence-corrected chi connectivity index (χ3v) is 6.36. The molecule has 0 bridgehead atoms. The number of para-hydroxylation sites is 3. The van der Waals surface area contributed by atoms with Crippen molar-refractivity contribution in [1.82, 2.24) is 4.57 Å². The van der Waals surface area contributed by atoms with Crippen LogP contribution in [0.4, 0.5) is 11.4 Å². The van der Waals surface area contributed by atoms with Crippen LogP contribution >= 0.6 is 11.6 Å². The lowest BCUT2D eigenvalue weighted by Gasteiger charge is -2.19. The lowest BCUT2D eigenvalue weighted by Crippen LogP contribution is -2.24. The summed E-state index contributed by atoms with van der Waals surface area (Å²) in [6.45, 7) is 1.89. The molecule has 1 heterocycles. The molecule has 0 saturated carbocycles. The Morgan fingerprint density at radius 1 is 0.889 bits per heavy atom. The Bertz CT molecular complexity index is 1470. The average molecular weight is 496 g/mol. The molecule has 0 aliphatic carbocycles. The summed E-state index contributed by atoms with van der Waals surface area (Å²) >= 11 is 6.12. The van der Waals surface area contributed by atoms with E-state index in [1.165, 1.54) is 6.92 Å². The van der Waals surface area contributed by atoms with E-state index in [1.807, 2.05) is 84.0 Å². The monoisotopic (exact) mass is 495 g/mol. The molecule has 36 heavy (non-hydrogen) atoms. The first-order valence-corrected chi connectivity index (χ1v) is 12.4. The number of alkyl halides is 1. The summed E-state index contributed by atoms with van der Waals surface area (Å²) in [5.41, 5.74) is 5.07. The van der Waals surface area contributed by atoms with Crippen molar-refractivity contribution in [2.75, 3.05) is 10.9 Å². The number of fused-ring (bicyclic) bond motifs is 3. The van der Waals surface area contributed by atoms with Gasteiger partial charge in [0.15, 0.2) is 0 Å². The van der Waals surface area contributed by atoms with Gasteiger partial charge in [-0.3, -0.25) is 4.79 Å². The first-order valence-electron chi connectivity index (χ1n) is 11.8. The van der Waals surface area contributed by atoms with Gasteiger partial charge in [0.1, 0.15) is 6.10 Å². The number of hydrogen-bond donors (Lipinski definition) is 0. The van der Waals surface area contributed by atoms with Crippen LogP contribution in [0, 0.1) is 0 Å². The number of halogens is 1. The van der Waals surface area contributed by atoms with E-state index >= 15 is 0 Å². The Kier molecular flexibility index (Phi) is 7.01. The number of carbonyl (C=O) groups is 1. The van der Waals surface area contributed by atoms with E-state index in [-0.39, 0.29) is 11.8 Å². The van der Waals surface area contributed by atoms with Gasteiger partial charge in [-0.25, -0.2) is 5.01 Å². The predicted molar refractivity (Wildman–Crippen MR) is 148 cm³/mol. The summed E-state index contributed by atoms with van der Waals surface area (Å²) < 4.78 is 7.59. The number of aromatic nitrogens is 1. The van der Waals surface area contributed by atoms with Gasteiger partial charge in [0, 0.05) is 28.7 Å². The number of ether oxygens (including phenoxy) is 1. The molecule has 5 nitrogen and oxygen atoms in total. The quantitative estimate of drug-likeness (QED) is 0.0994. The molecule has 1 aromatic heterocycles. The highest BCUT2D eigenvalue weighted by Gasteiger charge is 2.17. The molecule has 0 fully saturated rings. The zero-order valence-corrected chi connectivity index (χ0v) is 20.7. The van der Waals surface area contributed by atoms with E-state index in [9.17, 15) is 4.79 Å². The third-order valence-electron chi connectivity index (χ3n) is 6.01. The molecule has 0 amide bonds. The fourth-order valence-electron chi connectivity index (χ4n) is 4.45. The van der Waals surface area contributed by atoms with Crippen molar-refractivity contribution in [1.29, 1.82) is 0 Å². The van der Waals surface area contributed by atoms with Gasteiger partial charge in [0.05, 0.1) is 30.0 Å². The third kappa shape index (κ3) is 4.97. The van der Waals surface area contributed by atoms with Crippen LogP contribution in [-0.2, 0) is 16.1 Å². The first kappa shape index (κ1) is 23.6. The maximum atomic E-state index is 11.5. The molecule has 0 aliphatic rings. The number of carbonyl (C=O) groups excluding carboxylic acids is 1. The van der Waals surface area contributed by atoms with Crippen LogP contribution in [0.1, 0.15) is 12.5 Å². The number of esters is 1. The van der Waals surface area contributed by atoms with Crippen molar-refractivity contribution in [2.24, 2.45) is 5.10 Å². The van der Waals surface area contributed by atoms with E-state index in [1.54, 1.807) is 0 Å². The molecule has 1 unspecified atom stereocenters. The standard InChI is InChI=1S/C30H26ClN3O2/c1-22(35)36-26(19-31)21-33-29-15-9-8-14-27(29)28-18-23(16-17-30(28)33)20-32-34(24-10-4-2-5-11-24)25-12-6-3-7-13-25/h2-18,20,26H,19,21H2,1H3. The SMILES string of the molecule is CC(=O)OC(CCl)Cn1c2ccccc2c2cc(C=NN(c3ccccc3)c3ccccc3)ccc21. The summed E-state index contributed by atoms with van der Waals surface area (Å²) in [7, 11) is 0. The lowest BCUT2D eigenvalue weighted by molar-refractivity contribution is -0.145.